The van der Waals surface area contributed by atoms with E-state index < -0.39 is 6.09 Å². The van der Waals surface area contributed by atoms with Crippen molar-refractivity contribution in [2.24, 2.45) is 0 Å². The van der Waals surface area contributed by atoms with Crippen molar-refractivity contribution in [1.82, 2.24) is 14.8 Å². The fourth-order valence-corrected chi connectivity index (χ4v) is 5.20. The number of pyridine rings is 1. The summed E-state index contributed by atoms with van der Waals surface area (Å²) in [6.07, 6.45) is 1.45. The van der Waals surface area contributed by atoms with Crippen molar-refractivity contribution in [3.63, 3.8) is 0 Å². The molecule has 2 atom stereocenters. The first-order valence-electron chi connectivity index (χ1n) is 11.4. The predicted molar refractivity (Wildman–Crippen MR) is 129 cm³/mol. The van der Waals surface area contributed by atoms with Crippen molar-refractivity contribution in [1.29, 1.82) is 0 Å². The van der Waals surface area contributed by atoms with Gasteiger partial charge in [-0.1, -0.05) is 26.0 Å². The first kappa shape index (κ1) is 24.4. The normalized spacial score (nSPS) is 22.0. The number of benzene rings is 1. The van der Waals surface area contributed by atoms with E-state index in [1.807, 2.05) is 24.1 Å². The summed E-state index contributed by atoms with van der Waals surface area (Å²) in [5, 5.41) is 9.44. The zero-order valence-corrected chi connectivity index (χ0v) is 20.4. The molecule has 2 aliphatic rings. The third kappa shape index (κ3) is 4.88. The lowest BCUT2D eigenvalue weighted by Gasteiger charge is -2.43. The van der Waals surface area contributed by atoms with Gasteiger partial charge in [-0.05, 0) is 42.7 Å². The minimum Gasteiger partial charge on any atom is -0.465 e. The maximum absolute atomic E-state index is 13.5. The van der Waals surface area contributed by atoms with E-state index in [-0.39, 0.29) is 48.2 Å². The van der Waals surface area contributed by atoms with Crippen LogP contribution in [0.2, 0.25) is 0 Å². The van der Waals surface area contributed by atoms with Crippen LogP contribution in [0.1, 0.15) is 37.6 Å². The molecule has 1 aromatic heterocycles. The summed E-state index contributed by atoms with van der Waals surface area (Å²) in [7, 11) is 0. The summed E-state index contributed by atoms with van der Waals surface area (Å²) in [5.41, 5.74) is 3.30. The third-order valence-corrected chi connectivity index (χ3v) is 7.11. The van der Waals surface area contributed by atoms with Crippen molar-refractivity contribution < 1.29 is 19.1 Å². The third-order valence-electron chi connectivity index (χ3n) is 6.75. The van der Waals surface area contributed by atoms with Crippen molar-refractivity contribution >= 4 is 29.3 Å². The minimum atomic E-state index is -0.969. The molecule has 4 rings (SSSR count). The summed E-state index contributed by atoms with van der Waals surface area (Å²) >= 11 is 6.15. The molecule has 1 aromatic carbocycles. The van der Waals surface area contributed by atoms with Gasteiger partial charge in [0.15, 0.2) is 0 Å². The number of hydrogen-bond acceptors (Lipinski definition) is 4. The maximum Gasteiger partial charge on any atom is 0.407 e. The number of fused-ring (bicyclic) bond motifs is 1. The molecule has 0 spiro atoms. The summed E-state index contributed by atoms with van der Waals surface area (Å²) < 4.78 is 13.3. The minimum absolute atomic E-state index is 0.0568. The number of halogens is 2. The van der Waals surface area contributed by atoms with E-state index in [1.165, 1.54) is 17.0 Å². The van der Waals surface area contributed by atoms with E-state index >= 15 is 0 Å². The van der Waals surface area contributed by atoms with Gasteiger partial charge < -0.3 is 14.9 Å². The maximum atomic E-state index is 13.5. The summed E-state index contributed by atoms with van der Waals surface area (Å²) in [4.78, 5) is 34.9. The highest BCUT2D eigenvalue weighted by Gasteiger charge is 2.41. The molecule has 2 aliphatic heterocycles. The Morgan fingerprint density at radius 1 is 1.21 bits per heavy atom. The standard InChI is InChI=1S/C25H30ClFN4O3/c1-16-12-29(20(10-26)13-30(16)24(33)34)14-22(32)31-15-25(2,3)23-21(31)9-18(11-28-23)8-17-4-6-19(27)7-5-17/h4-7,9,11,16,20H,8,10,12-15H2,1-3H3,(H,33,34)/t16-,20+/m1/s1. The molecule has 2 amide bonds. The van der Waals surface area contributed by atoms with Gasteiger partial charge in [0.05, 0.1) is 17.9 Å². The fraction of sp³-hybridized carbons (Fsp3) is 0.480. The van der Waals surface area contributed by atoms with Crippen LogP contribution in [0.4, 0.5) is 14.9 Å². The Hall–Kier alpha value is -2.71. The van der Waals surface area contributed by atoms with Crippen LogP contribution in [-0.2, 0) is 16.6 Å². The van der Waals surface area contributed by atoms with Crippen molar-refractivity contribution in [3.05, 3.63) is 59.2 Å². The Morgan fingerprint density at radius 3 is 2.56 bits per heavy atom. The van der Waals surface area contributed by atoms with Gasteiger partial charge in [0.2, 0.25) is 5.91 Å². The molecule has 1 saturated heterocycles. The van der Waals surface area contributed by atoms with E-state index in [9.17, 15) is 19.1 Å². The first-order valence-corrected chi connectivity index (χ1v) is 12.0. The van der Waals surface area contributed by atoms with Crippen LogP contribution in [0.5, 0.6) is 0 Å². The van der Waals surface area contributed by atoms with Gasteiger partial charge in [-0.15, -0.1) is 11.6 Å². The molecule has 2 aromatic rings. The molecule has 0 bridgehead atoms. The molecular weight excluding hydrogens is 459 g/mol. The highest BCUT2D eigenvalue weighted by atomic mass is 35.5. The summed E-state index contributed by atoms with van der Waals surface area (Å²) in [5.74, 6) is -0.0864. The van der Waals surface area contributed by atoms with E-state index in [2.05, 4.69) is 13.8 Å². The van der Waals surface area contributed by atoms with Gasteiger partial charge >= 0.3 is 6.09 Å². The number of aromatic nitrogens is 1. The Labute approximate surface area is 204 Å². The second-order valence-corrected chi connectivity index (χ2v) is 10.2. The smallest absolute Gasteiger partial charge is 0.407 e. The van der Waals surface area contributed by atoms with Crippen LogP contribution in [0.25, 0.3) is 0 Å². The Balaban J connectivity index is 1.54. The van der Waals surface area contributed by atoms with Crippen LogP contribution in [0.15, 0.2) is 36.5 Å². The number of carboxylic acid groups (broad SMARTS) is 1. The van der Waals surface area contributed by atoms with E-state index in [1.54, 1.807) is 17.0 Å². The number of carbonyl (C=O) groups excluding carboxylic acids is 1. The van der Waals surface area contributed by atoms with Gasteiger partial charge in [-0.25, -0.2) is 9.18 Å². The SMILES string of the molecule is C[C@@H]1CN(CC(=O)N2CC(C)(C)c3ncc(Cc4ccc(F)cc4)cc32)[C@@H](CCl)CN1C(=O)O. The van der Waals surface area contributed by atoms with Gasteiger partial charge in [-0.3, -0.25) is 14.7 Å². The zero-order chi connectivity index (χ0) is 24.6. The predicted octanol–water partition coefficient (Wildman–Crippen LogP) is 3.73. The monoisotopic (exact) mass is 488 g/mol. The molecule has 34 heavy (non-hydrogen) atoms. The number of alkyl halides is 1. The van der Waals surface area contributed by atoms with Crippen LogP contribution < -0.4 is 4.90 Å². The zero-order valence-electron chi connectivity index (χ0n) is 19.7. The average molecular weight is 489 g/mol. The van der Waals surface area contributed by atoms with Crippen LogP contribution in [0, 0.1) is 5.82 Å². The summed E-state index contributed by atoms with van der Waals surface area (Å²) in [6, 6.07) is 7.93. The first-order chi connectivity index (χ1) is 16.1. The molecule has 0 aliphatic carbocycles. The van der Waals surface area contributed by atoms with Gasteiger partial charge in [-0.2, -0.15) is 0 Å². The quantitative estimate of drug-likeness (QED) is 0.649. The lowest BCUT2D eigenvalue weighted by atomic mass is 9.91. The highest BCUT2D eigenvalue weighted by Crippen LogP contribution is 2.39. The van der Waals surface area contributed by atoms with Crippen LogP contribution in [0.3, 0.4) is 0 Å². The van der Waals surface area contributed by atoms with Crippen LogP contribution >= 0.6 is 11.6 Å². The van der Waals surface area contributed by atoms with E-state index in [0.717, 1.165) is 22.5 Å². The van der Waals surface area contributed by atoms with Crippen molar-refractivity contribution in [2.45, 2.75) is 44.7 Å². The number of carbonyl (C=O) groups is 2. The van der Waals surface area contributed by atoms with Crippen LogP contribution in [-0.4, -0.2) is 76.0 Å². The molecule has 0 saturated carbocycles. The largest absolute Gasteiger partial charge is 0.465 e. The molecule has 0 unspecified atom stereocenters. The number of nitrogens with zero attached hydrogens (tertiary/aromatic N) is 4. The molecule has 3 heterocycles. The van der Waals surface area contributed by atoms with E-state index in [0.29, 0.717) is 19.5 Å². The number of rotatable bonds is 5. The molecule has 0 radical (unpaired) electrons. The molecule has 9 heteroatoms. The molecule has 7 nitrogen and oxygen atoms in total. The Bertz CT molecular complexity index is 1080. The molecular formula is C25H30ClFN4O3. The molecule has 182 valence electrons. The van der Waals surface area contributed by atoms with Gasteiger partial charge in [0.1, 0.15) is 5.82 Å². The lowest BCUT2D eigenvalue weighted by molar-refractivity contribution is -0.121. The number of amides is 2. The lowest BCUT2D eigenvalue weighted by Crippen LogP contribution is -2.61. The summed E-state index contributed by atoms with van der Waals surface area (Å²) in [6.45, 7) is 7.39. The molecule has 1 fully saturated rings. The van der Waals surface area contributed by atoms with Crippen molar-refractivity contribution in [3.8, 4) is 0 Å². The second-order valence-electron chi connectivity index (χ2n) is 9.90. The van der Waals surface area contributed by atoms with Gasteiger partial charge in [0, 0.05) is 49.2 Å². The fourth-order valence-electron chi connectivity index (χ4n) is 4.91. The van der Waals surface area contributed by atoms with E-state index in [4.69, 9.17) is 16.6 Å². The highest BCUT2D eigenvalue weighted by molar-refractivity contribution is 6.18. The van der Waals surface area contributed by atoms with Gasteiger partial charge in [0.25, 0.3) is 0 Å². The second kappa shape index (κ2) is 9.50. The Morgan fingerprint density at radius 2 is 1.91 bits per heavy atom. The topological polar surface area (TPSA) is 77.0 Å². The average Bonchev–Trinajstić information content (AvgIpc) is 3.05. The number of anilines is 1. The van der Waals surface area contributed by atoms with Crippen molar-refractivity contribution in [2.75, 3.05) is 37.0 Å². The molecule has 1 N–H and O–H groups in total. The Kier molecular flexibility index (Phi) is 6.82. The number of piperazine rings is 1. The number of hydrogen-bond donors (Lipinski definition) is 1.